The minimum Gasteiger partial charge on any atom is -0.370 e. The zero-order chi connectivity index (χ0) is 15.9. The number of aromatic nitrogens is 1. The van der Waals surface area contributed by atoms with Gasteiger partial charge in [0.05, 0.1) is 10.7 Å². The SMILES string of the molecule is NC(=NCCc1nc2c(s1)CCCC2)NCCc1ccccc1. The Morgan fingerprint density at radius 1 is 1.17 bits per heavy atom. The summed E-state index contributed by atoms with van der Waals surface area (Å²) in [6.45, 7) is 1.52. The van der Waals surface area contributed by atoms with Crippen molar-refractivity contribution >= 4 is 17.3 Å². The van der Waals surface area contributed by atoms with Crippen LogP contribution in [0.15, 0.2) is 35.3 Å². The molecule has 0 saturated heterocycles. The van der Waals surface area contributed by atoms with Crippen LogP contribution in [0.4, 0.5) is 0 Å². The lowest BCUT2D eigenvalue weighted by Crippen LogP contribution is -2.33. The number of rotatable bonds is 6. The lowest BCUT2D eigenvalue weighted by Gasteiger charge is -2.06. The number of thiazole rings is 1. The molecule has 0 saturated carbocycles. The van der Waals surface area contributed by atoms with Crippen LogP contribution < -0.4 is 11.1 Å². The Morgan fingerprint density at radius 3 is 2.83 bits per heavy atom. The van der Waals surface area contributed by atoms with Gasteiger partial charge in [0.1, 0.15) is 0 Å². The predicted molar refractivity (Wildman–Crippen MR) is 97.1 cm³/mol. The number of nitrogens with zero attached hydrogens (tertiary/aromatic N) is 2. The van der Waals surface area contributed by atoms with Crippen molar-refractivity contribution in [2.75, 3.05) is 13.1 Å². The average molecular weight is 328 g/mol. The Bertz CT molecular complexity index is 625. The number of nitrogens with one attached hydrogen (secondary N) is 1. The molecule has 0 fully saturated rings. The molecular weight excluding hydrogens is 304 g/mol. The molecule has 0 unspecified atom stereocenters. The molecule has 0 atom stereocenters. The van der Waals surface area contributed by atoms with E-state index in [9.17, 15) is 0 Å². The fourth-order valence-electron chi connectivity index (χ4n) is 2.82. The second-order valence-electron chi connectivity index (χ2n) is 5.86. The van der Waals surface area contributed by atoms with Gasteiger partial charge in [-0.3, -0.25) is 4.99 Å². The summed E-state index contributed by atoms with van der Waals surface area (Å²) in [6, 6.07) is 10.4. The molecule has 0 spiro atoms. The quantitative estimate of drug-likeness (QED) is 0.633. The standard InChI is InChI=1S/C18H24N4S/c19-18(20-12-10-14-6-2-1-3-7-14)21-13-11-17-22-15-8-4-5-9-16(15)23-17/h1-3,6-7H,4-5,8-13H2,(H3,19,20,21). The third-order valence-electron chi connectivity index (χ3n) is 4.06. The number of guanidine groups is 1. The molecule has 122 valence electrons. The lowest BCUT2D eigenvalue weighted by molar-refractivity contribution is 0.680. The first-order valence-corrected chi connectivity index (χ1v) is 9.18. The molecule has 1 aliphatic carbocycles. The van der Waals surface area contributed by atoms with E-state index in [1.54, 1.807) is 0 Å². The summed E-state index contributed by atoms with van der Waals surface area (Å²) in [5.41, 5.74) is 8.56. The van der Waals surface area contributed by atoms with E-state index in [1.165, 1.54) is 40.4 Å². The molecule has 4 nitrogen and oxygen atoms in total. The van der Waals surface area contributed by atoms with Crippen LogP contribution in [0.25, 0.3) is 0 Å². The van der Waals surface area contributed by atoms with E-state index < -0.39 is 0 Å². The van der Waals surface area contributed by atoms with Crippen LogP contribution >= 0.6 is 11.3 Å². The summed E-state index contributed by atoms with van der Waals surface area (Å²) in [6.07, 6.45) is 6.80. The smallest absolute Gasteiger partial charge is 0.188 e. The monoisotopic (exact) mass is 328 g/mol. The molecule has 2 aromatic rings. The largest absolute Gasteiger partial charge is 0.370 e. The van der Waals surface area contributed by atoms with E-state index in [0.717, 1.165) is 25.8 Å². The summed E-state index contributed by atoms with van der Waals surface area (Å²) >= 11 is 1.86. The first-order chi connectivity index (χ1) is 11.3. The van der Waals surface area contributed by atoms with Crippen LogP contribution in [0.5, 0.6) is 0 Å². The molecule has 0 aliphatic heterocycles. The predicted octanol–water partition coefficient (Wildman–Crippen LogP) is 2.71. The van der Waals surface area contributed by atoms with Gasteiger partial charge in [-0.05, 0) is 37.7 Å². The van der Waals surface area contributed by atoms with Crippen molar-refractivity contribution in [2.45, 2.75) is 38.5 Å². The maximum absolute atomic E-state index is 5.92. The third kappa shape index (κ3) is 4.79. The highest BCUT2D eigenvalue weighted by atomic mass is 32.1. The van der Waals surface area contributed by atoms with E-state index in [0.29, 0.717) is 12.5 Å². The first kappa shape index (κ1) is 16.0. The van der Waals surface area contributed by atoms with Crippen LogP contribution in [-0.4, -0.2) is 24.0 Å². The number of hydrogen-bond acceptors (Lipinski definition) is 3. The van der Waals surface area contributed by atoms with E-state index >= 15 is 0 Å². The molecule has 1 heterocycles. The van der Waals surface area contributed by atoms with Crippen molar-refractivity contribution in [3.63, 3.8) is 0 Å². The fourth-order valence-corrected chi connectivity index (χ4v) is 3.97. The zero-order valence-electron chi connectivity index (χ0n) is 13.4. The number of hydrogen-bond donors (Lipinski definition) is 2. The van der Waals surface area contributed by atoms with Gasteiger partial charge in [0, 0.05) is 24.4 Å². The Labute approximate surface area is 141 Å². The van der Waals surface area contributed by atoms with Crippen molar-refractivity contribution < 1.29 is 0 Å². The number of benzene rings is 1. The molecule has 23 heavy (non-hydrogen) atoms. The van der Waals surface area contributed by atoms with Gasteiger partial charge in [-0.1, -0.05) is 30.3 Å². The van der Waals surface area contributed by atoms with Gasteiger partial charge >= 0.3 is 0 Å². The second-order valence-corrected chi connectivity index (χ2v) is 7.03. The minimum absolute atomic E-state index is 0.530. The van der Waals surface area contributed by atoms with Gasteiger partial charge in [0.2, 0.25) is 0 Å². The van der Waals surface area contributed by atoms with Gasteiger partial charge in [0.15, 0.2) is 5.96 Å². The van der Waals surface area contributed by atoms with Gasteiger partial charge in [-0.25, -0.2) is 4.98 Å². The highest BCUT2D eigenvalue weighted by Gasteiger charge is 2.14. The van der Waals surface area contributed by atoms with Crippen LogP contribution in [-0.2, 0) is 25.7 Å². The Balaban J connectivity index is 1.40. The highest BCUT2D eigenvalue weighted by Crippen LogP contribution is 2.26. The topological polar surface area (TPSA) is 63.3 Å². The Morgan fingerprint density at radius 2 is 2.00 bits per heavy atom. The number of aliphatic imine (C=N–C) groups is 1. The summed E-state index contributed by atoms with van der Waals surface area (Å²) in [5.74, 6) is 0.530. The van der Waals surface area contributed by atoms with Gasteiger partial charge in [-0.15, -0.1) is 11.3 Å². The molecular formula is C18H24N4S. The van der Waals surface area contributed by atoms with E-state index in [4.69, 9.17) is 10.7 Å². The summed E-state index contributed by atoms with van der Waals surface area (Å²) in [4.78, 5) is 10.6. The summed E-state index contributed by atoms with van der Waals surface area (Å²) in [7, 11) is 0. The van der Waals surface area contributed by atoms with E-state index in [2.05, 4.69) is 34.6 Å². The summed E-state index contributed by atoms with van der Waals surface area (Å²) < 4.78 is 0. The van der Waals surface area contributed by atoms with E-state index in [-0.39, 0.29) is 0 Å². The second kappa shape index (κ2) is 8.11. The van der Waals surface area contributed by atoms with Gasteiger partial charge in [0.25, 0.3) is 0 Å². The van der Waals surface area contributed by atoms with Crippen LogP contribution in [0.3, 0.4) is 0 Å². The van der Waals surface area contributed by atoms with Crippen molar-refractivity contribution in [1.29, 1.82) is 0 Å². The number of fused-ring (bicyclic) bond motifs is 1. The Kier molecular flexibility index (Phi) is 5.64. The first-order valence-electron chi connectivity index (χ1n) is 8.36. The zero-order valence-corrected chi connectivity index (χ0v) is 14.2. The maximum atomic E-state index is 5.92. The molecule has 1 aromatic heterocycles. The molecule has 3 rings (SSSR count). The van der Waals surface area contributed by atoms with Crippen molar-refractivity contribution in [3.8, 4) is 0 Å². The molecule has 0 bridgehead atoms. The van der Waals surface area contributed by atoms with Gasteiger partial charge in [-0.2, -0.15) is 0 Å². The normalized spacial score (nSPS) is 14.5. The molecule has 1 aliphatic rings. The van der Waals surface area contributed by atoms with Crippen LogP contribution in [0.1, 0.15) is 34.0 Å². The van der Waals surface area contributed by atoms with Crippen molar-refractivity contribution in [1.82, 2.24) is 10.3 Å². The van der Waals surface area contributed by atoms with Crippen molar-refractivity contribution in [3.05, 3.63) is 51.5 Å². The maximum Gasteiger partial charge on any atom is 0.188 e. The van der Waals surface area contributed by atoms with Crippen LogP contribution in [0, 0.1) is 0 Å². The highest BCUT2D eigenvalue weighted by molar-refractivity contribution is 7.11. The van der Waals surface area contributed by atoms with Crippen molar-refractivity contribution in [2.24, 2.45) is 10.7 Å². The minimum atomic E-state index is 0.530. The van der Waals surface area contributed by atoms with Crippen LogP contribution in [0.2, 0.25) is 0 Å². The molecule has 3 N–H and O–H groups in total. The molecule has 1 aromatic carbocycles. The summed E-state index contributed by atoms with van der Waals surface area (Å²) in [5, 5.41) is 4.38. The van der Waals surface area contributed by atoms with E-state index in [1.807, 2.05) is 17.4 Å². The lowest BCUT2D eigenvalue weighted by atomic mass is 10.0. The molecule has 5 heteroatoms. The molecule has 0 amide bonds. The molecule has 0 radical (unpaired) electrons. The Hall–Kier alpha value is -1.88. The average Bonchev–Trinajstić information content (AvgIpc) is 2.98. The third-order valence-corrected chi connectivity index (χ3v) is 5.28. The fraction of sp³-hybridized carbons (Fsp3) is 0.444. The number of aryl methyl sites for hydroxylation is 2. The van der Waals surface area contributed by atoms with Gasteiger partial charge < -0.3 is 11.1 Å². The number of nitrogens with two attached hydrogens (primary N) is 1.